The summed E-state index contributed by atoms with van der Waals surface area (Å²) in [5.74, 6) is 1.65. The molecule has 0 atom stereocenters. The monoisotopic (exact) mass is 270 g/mol. The van der Waals surface area contributed by atoms with Gasteiger partial charge in [0.05, 0.1) is 31.0 Å². The van der Waals surface area contributed by atoms with Crippen LogP contribution in [0.2, 0.25) is 0 Å². The molecule has 2 rings (SSSR count). The molecule has 0 spiro atoms. The number of benzene rings is 1. The lowest BCUT2D eigenvalue weighted by atomic mass is 10.2. The topological polar surface area (TPSA) is 62.9 Å². The summed E-state index contributed by atoms with van der Waals surface area (Å²) in [5, 5.41) is 12.2. The molecule has 5 nitrogen and oxygen atoms in total. The minimum absolute atomic E-state index is 0.583. The van der Waals surface area contributed by atoms with E-state index in [1.807, 2.05) is 18.5 Å². The van der Waals surface area contributed by atoms with Gasteiger partial charge < -0.3 is 14.6 Å². The van der Waals surface area contributed by atoms with Crippen molar-refractivity contribution in [3.63, 3.8) is 0 Å². The van der Waals surface area contributed by atoms with Crippen molar-refractivity contribution in [2.24, 2.45) is 0 Å². The maximum Gasteiger partial charge on any atom is 0.143 e. The van der Waals surface area contributed by atoms with Crippen molar-refractivity contribution in [3.05, 3.63) is 42.0 Å². The Kier molecular flexibility index (Phi) is 4.61. The van der Waals surface area contributed by atoms with E-state index in [0.29, 0.717) is 17.9 Å². The molecule has 2 aromatic rings. The van der Waals surface area contributed by atoms with Crippen molar-refractivity contribution in [1.82, 2.24) is 9.55 Å². The first-order valence-corrected chi connectivity index (χ1v) is 6.60. The lowest BCUT2D eigenvalue weighted by Crippen LogP contribution is -2.09. The van der Waals surface area contributed by atoms with E-state index in [-0.39, 0.29) is 0 Å². The van der Waals surface area contributed by atoms with Crippen LogP contribution in [0.4, 0.5) is 5.69 Å². The van der Waals surface area contributed by atoms with Crippen molar-refractivity contribution in [2.45, 2.75) is 26.4 Å². The molecule has 1 aromatic heterocycles. The predicted octanol–water partition coefficient (Wildman–Crippen LogP) is 2.79. The molecule has 5 heteroatoms. The van der Waals surface area contributed by atoms with Crippen LogP contribution >= 0.6 is 0 Å². The summed E-state index contributed by atoms with van der Waals surface area (Å²) in [6.07, 6.45) is 4.86. The average molecular weight is 270 g/mol. The number of rotatable bonds is 6. The van der Waals surface area contributed by atoms with Crippen LogP contribution < -0.4 is 10.1 Å². The van der Waals surface area contributed by atoms with Gasteiger partial charge in [0.15, 0.2) is 0 Å². The molecule has 1 heterocycles. The average Bonchev–Trinajstić information content (AvgIpc) is 2.92. The molecule has 0 saturated heterocycles. The highest BCUT2D eigenvalue weighted by atomic mass is 16.5. The maximum absolute atomic E-state index is 8.88. The fourth-order valence-electron chi connectivity index (χ4n) is 2.03. The molecule has 0 aliphatic carbocycles. The first kappa shape index (κ1) is 13.9. The molecule has 0 aliphatic rings. The smallest absolute Gasteiger partial charge is 0.143 e. The number of aromatic nitrogens is 2. The van der Waals surface area contributed by atoms with Crippen LogP contribution in [0.1, 0.15) is 24.7 Å². The number of methoxy groups -OCH3 is 1. The molecule has 0 radical (unpaired) electrons. The molecule has 0 saturated carbocycles. The Morgan fingerprint density at radius 2 is 2.30 bits per heavy atom. The van der Waals surface area contributed by atoms with Crippen molar-refractivity contribution >= 4 is 5.69 Å². The summed E-state index contributed by atoms with van der Waals surface area (Å²) in [4.78, 5) is 4.35. The Bertz CT molecular complexity index is 613. The van der Waals surface area contributed by atoms with Crippen molar-refractivity contribution in [3.8, 4) is 11.8 Å². The van der Waals surface area contributed by atoms with Crippen molar-refractivity contribution < 1.29 is 4.74 Å². The summed E-state index contributed by atoms with van der Waals surface area (Å²) < 4.78 is 7.42. The summed E-state index contributed by atoms with van der Waals surface area (Å²) >= 11 is 0. The Morgan fingerprint density at radius 3 is 3.00 bits per heavy atom. The molecular formula is C15H18N4O. The highest BCUT2D eigenvalue weighted by Crippen LogP contribution is 2.25. The van der Waals surface area contributed by atoms with Gasteiger partial charge in [0.1, 0.15) is 11.6 Å². The summed E-state index contributed by atoms with van der Waals surface area (Å²) in [6.45, 7) is 3.72. The van der Waals surface area contributed by atoms with Gasteiger partial charge in [-0.05, 0) is 18.6 Å². The van der Waals surface area contributed by atoms with E-state index >= 15 is 0 Å². The van der Waals surface area contributed by atoms with Crippen molar-refractivity contribution in [1.29, 1.82) is 5.26 Å². The third-order valence-corrected chi connectivity index (χ3v) is 3.03. The van der Waals surface area contributed by atoms with Gasteiger partial charge in [0.25, 0.3) is 0 Å². The quantitative estimate of drug-likeness (QED) is 0.876. The molecule has 1 N–H and O–H groups in total. The summed E-state index contributed by atoms with van der Waals surface area (Å²) in [5.41, 5.74) is 1.44. The highest BCUT2D eigenvalue weighted by Gasteiger charge is 2.06. The van der Waals surface area contributed by atoms with E-state index in [1.165, 1.54) is 0 Å². The van der Waals surface area contributed by atoms with Crippen LogP contribution in [0.3, 0.4) is 0 Å². The lowest BCUT2D eigenvalue weighted by Gasteiger charge is -2.12. The number of hydrogen-bond acceptors (Lipinski definition) is 4. The van der Waals surface area contributed by atoms with Crippen LogP contribution in [0.15, 0.2) is 30.6 Å². The van der Waals surface area contributed by atoms with Gasteiger partial charge in [-0.25, -0.2) is 4.98 Å². The number of nitrogens with one attached hydrogen (secondary N) is 1. The number of anilines is 1. The largest absolute Gasteiger partial charge is 0.495 e. The second-order valence-electron chi connectivity index (χ2n) is 4.42. The van der Waals surface area contributed by atoms with Gasteiger partial charge >= 0.3 is 0 Å². The highest BCUT2D eigenvalue weighted by molar-refractivity contribution is 5.59. The number of aryl methyl sites for hydroxylation is 1. The third kappa shape index (κ3) is 3.09. The van der Waals surface area contributed by atoms with E-state index in [0.717, 1.165) is 24.5 Å². The predicted molar refractivity (Wildman–Crippen MR) is 77.6 cm³/mol. The van der Waals surface area contributed by atoms with Crippen LogP contribution in [-0.2, 0) is 13.1 Å². The van der Waals surface area contributed by atoms with Gasteiger partial charge in [-0.1, -0.05) is 6.92 Å². The van der Waals surface area contributed by atoms with Gasteiger partial charge in [0, 0.05) is 25.0 Å². The van der Waals surface area contributed by atoms with E-state index in [9.17, 15) is 0 Å². The number of imidazole rings is 1. The zero-order chi connectivity index (χ0) is 14.4. The molecule has 0 bridgehead atoms. The van der Waals surface area contributed by atoms with Crippen LogP contribution in [0.25, 0.3) is 0 Å². The summed E-state index contributed by atoms with van der Waals surface area (Å²) in [6, 6.07) is 7.44. The summed E-state index contributed by atoms with van der Waals surface area (Å²) in [7, 11) is 1.60. The second kappa shape index (κ2) is 6.62. The second-order valence-corrected chi connectivity index (χ2v) is 4.42. The zero-order valence-electron chi connectivity index (χ0n) is 11.8. The number of ether oxygens (including phenoxy) is 1. The van der Waals surface area contributed by atoms with Gasteiger partial charge in [-0.15, -0.1) is 0 Å². The fraction of sp³-hybridized carbons (Fsp3) is 0.333. The fourth-order valence-corrected chi connectivity index (χ4v) is 2.03. The van der Waals surface area contributed by atoms with Crippen LogP contribution in [0, 0.1) is 11.3 Å². The first-order valence-electron chi connectivity index (χ1n) is 6.60. The molecule has 0 fully saturated rings. The van der Waals surface area contributed by atoms with E-state index < -0.39 is 0 Å². The lowest BCUT2D eigenvalue weighted by molar-refractivity contribution is 0.416. The number of hydrogen-bond donors (Lipinski definition) is 1. The Hall–Kier alpha value is -2.48. The molecule has 20 heavy (non-hydrogen) atoms. The minimum Gasteiger partial charge on any atom is -0.495 e. The van der Waals surface area contributed by atoms with Crippen LogP contribution in [-0.4, -0.2) is 16.7 Å². The molecule has 0 amide bonds. The normalized spacial score (nSPS) is 10.1. The molecule has 104 valence electrons. The standard InChI is InChI=1S/C15H18N4O/c1-3-7-19-8-6-17-15(19)11-18-13-5-4-12(10-16)9-14(13)20-2/h4-6,8-9,18H,3,7,11H2,1-2H3. The van der Waals surface area contributed by atoms with E-state index in [2.05, 4.69) is 27.9 Å². The number of nitrogens with zero attached hydrogens (tertiary/aromatic N) is 3. The van der Waals surface area contributed by atoms with E-state index in [1.54, 1.807) is 19.2 Å². The SMILES string of the molecule is CCCn1ccnc1CNc1ccc(C#N)cc1OC. The Morgan fingerprint density at radius 1 is 1.45 bits per heavy atom. The zero-order valence-corrected chi connectivity index (χ0v) is 11.8. The molecule has 0 unspecified atom stereocenters. The first-order chi connectivity index (χ1) is 9.78. The van der Waals surface area contributed by atoms with Gasteiger partial charge in [-0.2, -0.15) is 5.26 Å². The van der Waals surface area contributed by atoms with Gasteiger partial charge in [-0.3, -0.25) is 0 Å². The minimum atomic E-state index is 0.583. The Labute approximate surface area is 118 Å². The Balaban J connectivity index is 2.10. The maximum atomic E-state index is 8.88. The van der Waals surface area contributed by atoms with Crippen molar-refractivity contribution in [2.75, 3.05) is 12.4 Å². The van der Waals surface area contributed by atoms with E-state index in [4.69, 9.17) is 10.00 Å². The van der Waals surface area contributed by atoms with Gasteiger partial charge in [0.2, 0.25) is 0 Å². The number of nitriles is 1. The molecular weight excluding hydrogens is 252 g/mol. The molecule has 0 aliphatic heterocycles. The van der Waals surface area contributed by atoms with Crippen LogP contribution in [0.5, 0.6) is 5.75 Å². The third-order valence-electron chi connectivity index (χ3n) is 3.03. The molecule has 1 aromatic carbocycles.